The van der Waals surface area contributed by atoms with Crippen molar-refractivity contribution in [1.29, 1.82) is 0 Å². The minimum atomic E-state index is -0.959. The molecular weight excluding hydrogens is 294 g/mol. The summed E-state index contributed by atoms with van der Waals surface area (Å²) in [5, 5.41) is 9.79. The smallest absolute Gasteiger partial charge is 0.309 e. The molecule has 0 saturated carbocycles. The number of methoxy groups -OCH3 is 1. The Hall–Kier alpha value is -1.75. The lowest BCUT2D eigenvalue weighted by molar-refractivity contribution is -0.142. The van der Waals surface area contributed by atoms with Crippen LogP contribution in [0.5, 0.6) is 5.75 Å². The Morgan fingerprint density at radius 1 is 1.52 bits per heavy atom. The molecule has 1 aliphatic heterocycles. The number of nitrogens with zero attached hydrogens (tertiary/aromatic N) is 1. The molecule has 1 amide bonds. The van der Waals surface area contributed by atoms with E-state index in [0.29, 0.717) is 17.3 Å². The molecular formula is C15H18ClNO4. The van der Waals surface area contributed by atoms with E-state index in [-0.39, 0.29) is 12.3 Å². The molecule has 0 bridgehead atoms. The highest BCUT2D eigenvalue weighted by Crippen LogP contribution is 2.40. The zero-order valence-corrected chi connectivity index (χ0v) is 12.8. The van der Waals surface area contributed by atoms with Gasteiger partial charge in [-0.1, -0.05) is 24.6 Å². The van der Waals surface area contributed by atoms with Crippen LogP contribution < -0.4 is 4.74 Å². The van der Waals surface area contributed by atoms with Crippen molar-refractivity contribution >= 4 is 23.5 Å². The van der Waals surface area contributed by atoms with Gasteiger partial charge in [0.25, 0.3) is 0 Å². The lowest BCUT2D eigenvalue weighted by Gasteiger charge is -2.27. The number of amides is 1. The van der Waals surface area contributed by atoms with Crippen LogP contribution in [-0.2, 0) is 9.59 Å². The second-order valence-electron chi connectivity index (χ2n) is 5.07. The molecule has 0 spiro atoms. The van der Waals surface area contributed by atoms with E-state index >= 15 is 0 Å². The summed E-state index contributed by atoms with van der Waals surface area (Å²) in [6, 6.07) is 4.68. The van der Waals surface area contributed by atoms with Gasteiger partial charge in [0, 0.05) is 13.0 Å². The Kier molecular flexibility index (Phi) is 4.73. The van der Waals surface area contributed by atoms with Gasteiger partial charge in [-0.3, -0.25) is 9.59 Å². The fraction of sp³-hybridized carbons (Fsp3) is 0.467. The molecule has 21 heavy (non-hydrogen) atoms. The number of carboxylic acids is 1. The summed E-state index contributed by atoms with van der Waals surface area (Å²) in [4.78, 5) is 25.2. The van der Waals surface area contributed by atoms with Gasteiger partial charge in [-0.25, -0.2) is 0 Å². The van der Waals surface area contributed by atoms with E-state index in [2.05, 4.69) is 0 Å². The largest absolute Gasteiger partial charge is 0.495 e. The normalized spacial score (nSPS) is 21.7. The maximum atomic E-state index is 12.1. The molecule has 2 unspecified atom stereocenters. The van der Waals surface area contributed by atoms with Crippen molar-refractivity contribution in [1.82, 2.24) is 4.90 Å². The molecule has 6 heteroatoms. The number of halogens is 1. The first kappa shape index (κ1) is 15.6. The van der Waals surface area contributed by atoms with Crippen LogP contribution in [0.15, 0.2) is 18.2 Å². The lowest BCUT2D eigenvalue weighted by Crippen LogP contribution is -2.31. The van der Waals surface area contributed by atoms with Crippen LogP contribution in [0.1, 0.15) is 31.4 Å². The maximum Gasteiger partial charge on any atom is 0.309 e. The summed E-state index contributed by atoms with van der Waals surface area (Å²) in [7, 11) is 1.52. The Morgan fingerprint density at radius 3 is 2.76 bits per heavy atom. The third kappa shape index (κ3) is 2.97. The van der Waals surface area contributed by atoms with E-state index in [1.165, 1.54) is 7.11 Å². The van der Waals surface area contributed by atoms with Crippen molar-refractivity contribution in [3.63, 3.8) is 0 Å². The van der Waals surface area contributed by atoms with Crippen molar-refractivity contribution < 1.29 is 19.4 Å². The number of carbonyl (C=O) groups is 2. The molecule has 0 aliphatic carbocycles. The number of benzene rings is 1. The highest BCUT2D eigenvalue weighted by molar-refractivity contribution is 6.32. The van der Waals surface area contributed by atoms with Crippen molar-refractivity contribution in [2.45, 2.75) is 25.8 Å². The number of hydrogen-bond donors (Lipinski definition) is 1. The fourth-order valence-corrected chi connectivity index (χ4v) is 3.06. The van der Waals surface area contributed by atoms with E-state index in [1.807, 2.05) is 6.92 Å². The predicted octanol–water partition coefficient (Wildman–Crippen LogP) is 2.73. The molecule has 1 aromatic rings. The number of likely N-dealkylation sites (tertiary alicyclic amines) is 1. The highest BCUT2D eigenvalue weighted by Gasteiger charge is 2.44. The average Bonchev–Trinajstić information content (AvgIpc) is 2.77. The van der Waals surface area contributed by atoms with Gasteiger partial charge in [-0.2, -0.15) is 0 Å². The molecule has 2 rings (SSSR count). The summed E-state index contributed by atoms with van der Waals surface area (Å²) in [5.41, 5.74) is 0.729. The van der Waals surface area contributed by atoms with Gasteiger partial charge in [0.15, 0.2) is 0 Å². The third-order valence-electron chi connectivity index (χ3n) is 3.73. The second kappa shape index (κ2) is 6.35. The molecule has 1 heterocycles. The molecule has 2 atom stereocenters. The average molecular weight is 312 g/mol. The van der Waals surface area contributed by atoms with Gasteiger partial charge in [-0.15, -0.1) is 0 Å². The highest BCUT2D eigenvalue weighted by atomic mass is 35.5. The molecule has 5 nitrogen and oxygen atoms in total. The van der Waals surface area contributed by atoms with E-state index in [4.69, 9.17) is 16.3 Å². The van der Waals surface area contributed by atoms with Gasteiger partial charge in [0.1, 0.15) is 5.75 Å². The van der Waals surface area contributed by atoms with Gasteiger partial charge >= 0.3 is 5.97 Å². The van der Waals surface area contributed by atoms with Gasteiger partial charge in [0.2, 0.25) is 5.91 Å². The Morgan fingerprint density at radius 2 is 2.24 bits per heavy atom. The first-order valence-electron chi connectivity index (χ1n) is 6.85. The number of carbonyl (C=O) groups excluding carboxylic acids is 1. The summed E-state index contributed by atoms with van der Waals surface area (Å²) in [6.45, 7) is 2.50. The van der Waals surface area contributed by atoms with E-state index in [0.717, 1.165) is 12.0 Å². The SMILES string of the molecule is CCCN1C(=O)CC(C(=O)O)C1c1ccc(OC)c(Cl)c1. The van der Waals surface area contributed by atoms with Crippen LogP contribution in [0.4, 0.5) is 0 Å². The number of hydrogen-bond acceptors (Lipinski definition) is 3. The second-order valence-corrected chi connectivity index (χ2v) is 5.48. The van der Waals surface area contributed by atoms with Crippen LogP contribution in [0.25, 0.3) is 0 Å². The first-order valence-corrected chi connectivity index (χ1v) is 7.23. The van der Waals surface area contributed by atoms with Crippen molar-refractivity contribution in [3.05, 3.63) is 28.8 Å². The van der Waals surface area contributed by atoms with Crippen LogP contribution >= 0.6 is 11.6 Å². The molecule has 1 fully saturated rings. The Labute approximate surface area is 128 Å². The molecule has 1 aliphatic rings. The monoisotopic (exact) mass is 311 g/mol. The van der Waals surface area contributed by atoms with Crippen LogP contribution in [0, 0.1) is 5.92 Å². The summed E-state index contributed by atoms with van der Waals surface area (Å²) in [5.74, 6) is -1.30. The zero-order chi connectivity index (χ0) is 15.6. The van der Waals surface area contributed by atoms with Gasteiger partial charge in [0.05, 0.1) is 24.1 Å². The maximum absolute atomic E-state index is 12.1. The molecule has 114 valence electrons. The lowest BCUT2D eigenvalue weighted by atomic mass is 9.93. The summed E-state index contributed by atoms with van der Waals surface area (Å²) >= 11 is 6.12. The van der Waals surface area contributed by atoms with E-state index < -0.39 is 17.9 Å². The zero-order valence-electron chi connectivity index (χ0n) is 12.0. The van der Waals surface area contributed by atoms with E-state index in [9.17, 15) is 14.7 Å². The van der Waals surface area contributed by atoms with Crippen molar-refractivity contribution in [3.8, 4) is 5.75 Å². The fourth-order valence-electron chi connectivity index (χ4n) is 2.80. The summed E-state index contributed by atoms with van der Waals surface area (Å²) < 4.78 is 5.10. The van der Waals surface area contributed by atoms with Crippen LogP contribution in [0.2, 0.25) is 5.02 Å². The topological polar surface area (TPSA) is 66.8 Å². The van der Waals surface area contributed by atoms with E-state index in [1.54, 1.807) is 23.1 Å². The van der Waals surface area contributed by atoms with Crippen LogP contribution in [-0.4, -0.2) is 35.5 Å². The quantitative estimate of drug-likeness (QED) is 0.908. The van der Waals surface area contributed by atoms with Crippen LogP contribution in [0.3, 0.4) is 0 Å². The minimum Gasteiger partial charge on any atom is -0.495 e. The number of aliphatic carboxylic acids is 1. The van der Waals surface area contributed by atoms with Gasteiger partial charge < -0.3 is 14.7 Å². The van der Waals surface area contributed by atoms with Gasteiger partial charge in [-0.05, 0) is 24.1 Å². The number of ether oxygens (including phenoxy) is 1. The molecule has 1 saturated heterocycles. The third-order valence-corrected chi connectivity index (χ3v) is 4.03. The molecule has 1 aromatic carbocycles. The standard InChI is InChI=1S/C15H18ClNO4/c1-3-6-17-13(18)8-10(15(19)20)14(17)9-4-5-12(21-2)11(16)7-9/h4-5,7,10,14H,3,6,8H2,1-2H3,(H,19,20). The van der Waals surface area contributed by atoms with Crippen molar-refractivity contribution in [2.75, 3.05) is 13.7 Å². The number of rotatable bonds is 5. The Balaban J connectivity index is 2.42. The first-order chi connectivity index (χ1) is 9.99. The molecule has 0 radical (unpaired) electrons. The molecule has 0 aromatic heterocycles. The predicted molar refractivity (Wildman–Crippen MR) is 78.5 cm³/mol. The summed E-state index contributed by atoms with van der Waals surface area (Å²) in [6.07, 6.45) is 0.808. The Bertz CT molecular complexity index is 561. The minimum absolute atomic E-state index is 0.0314. The molecule has 1 N–H and O–H groups in total. The number of carboxylic acid groups (broad SMARTS) is 1. The van der Waals surface area contributed by atoms with Crippen molar-refractivity contribution in [2.24, 2.45) is 5.92 Å².